The second-order valence-electron chi connectivity index (χ2n) is 8.20. The van der Waals surface area contributed by atoms with Crippen molar-refractivity contribution in [1.82, 2.24) is 0 Å². The van der Waals surface area contributed by atoms with Gasteiger partial charge in [-0.2, -0.15) is 0 Å². The van der Waals surface area contributed by atoms with E-state index in [1.807, 2.05) is 30.3 Å². The molecule has 2 atom stereocenters. The molecule has 2 unspecified atom stereocenters. The van der Waals surface area contributed by atoms with E-state index >= 15 is 0 Å². The van der Waals surface area contributed by atoms with Gasteiger partial charge >= 0.3 is 11.9 Å². The molecular weight excluding hydrogens is 434 g/mol. The van der Waals surface area contributed by atoms with E-state index in [-0.39, 0.29) is 11.0 Å². The van der Waals surface area contributed by atoms with E-state index in [2.05, 4.69) is 4.99 Å². The molecule has 3 aromatic rings. The molecule has 0 bridgehead atoms. The zero-order valence-electron chi connectivity index (χ0n) is 19.7. The molecule has 4 rings (SSSR count). The smallest absolute Gasteiger partial charge is 0.336 e. The molecule has 1 aromatic heterocycles. The first-order valence-corrected chi connectivity index (χ1v) is 10.8. The Morgan fingerprint density at radius 1 is 0.941 bits per heavy atom. The van der Waals surface area contributed by atoms with Gasteiger partial charge < -0.3 is 13.9 Å². The Labute approximate surface area is 196 Å². The van der Waals surface area contributed by atoms with Crippen LogP contribution >= 0.6 is 0 Å². The first-order valence-electron chi connectivity index (χ1n) is 10.8. The maximum atomic E-state index is 13.4. The number of carbonyl (C=O) groups is 2. The number of hydrogen-bond donors (Lipinski definition) is 0. The minimum absolute atomic E-state index is 0.182. The standard InChI is InChI=1S/C27H25NO6/c1-14-23(29)19-13-9-12-18(25(19)34-24(14)17-10-7-6-8-11-17)22-20(26(30)32-4)15(2)28-16(3)21(22)27(31)33-5/h6-13,20,22H,1-5H3. The van der Waals surface area contributed by atoms with Gasteiger partial charge in [0.25, 0.3) is 0 Å². The summed E-state index contributed by atoms with van der Waals surface area (Å²) in [7, 11) is 2.56. The molecule has 0 N–H and O–H groups in total. The maximum absolute atomic E-state index is 13.4. The summed E-state index contributed by atoms with van der Waals surface area (Å²) < 4.78 is 16.5. The van der Waals surface area contributed by atoms with Crippen molar-refractivity contribution < 1.29 is 23.5 Å². The third kappa shape index (κ3) is 3.73. The normalized spacial score (nSPS) is 18.0. The van der Waals surface area contributed by atoms with Gasteiger partial charge in [-0.25, -0.2) is 4.79 Å². The van der Waals surface area contributed by atoms with Crippen molar-refractivity contribution in [3.63, 3.8) is 0 Å². The third-order valence-corrected chi connectivity index (χ3v) is 6.24. The molecule has 0 fully saturated rings. The quantitative estimate of drug-likeness (QED) is 0.531. The van der Waals surface area contributed by atoms with Crippen molar-refractivity contribution in [3.8, 4) is 11.3 Å². The number of ether oxygens (including phenoxy) is 2. The topological polar surface area (TPSA) is 95.2 Å². The molecule has 2 aromatic carbocycles. The summed E-state index contributed by atoms with van der Waals surface area (Å²) in [4.78, 5) is 43.6. The minimum atomic E-state index is -0.889. The van der Waals surface area contributed by atoms with Crippen LogP contribution in [0.5, 0.6) is 0 Å². The van der Waals surface area contributed by atoms with Crippen molar-refractivity contribution in [2.75, 3.05) is 14.2 Å². The van der Waals surface area contributed by atoms with Gasteiger partial charge in [0, 0.05) is 34.0 Å². The number of para-hydroxylation sites is 1. The number of aliphatic imine (C=N–C) groups is 1. The fraction of sp³-hybridized carbons (Fsp3) is 0.259. The number of carbonyl (C=O) groups excluding carboxylic acids is 2. The molecule has 0 amide bonds. The molecule has 0 spiro atoms. The number of hydrogen-bond acceptors (Lipinski definition) is 7. The van der Waals surface area contributed by atoms with Gasteiger partial charge in [-0.05, 0) is 26.8 Å². The van der Waals surface area contributed by atoms with E-state index in [0.29, 0.717) is 39.3 Å². The monoisotopic (exact) mass is 459 g/mol. The third-order valence-electron chi connectivity index (χ3n) is 6.24. The molecule has 0 saturated carbocycles. The average Bonchev–Trinajstić information content (AvgIpc) is 2.85. The lowest BCUT2D eigenvalue weighted by Crippen LogP contribution is -2.36. The molecule has 7 nitrogen and oxygen atoms in total. The van der Waals surface area contributed by atoms with Crippen molar-refractivity contribution in [3.05, 3.63) is 81.2 Å². The second kappa shape index (κ2) is 9.09. The molecule has 34 heavy (non-hydrogen) atoms. The fourth-order valence-corrected chi connectivity index (χ4v) is 4.62. The number of rotatable bonds is 4. The number of fused-ring (bicyclic) bond motifs is 1. The van der Waals surface area contributed by atoms with Crippen molar-refractivity contribution in [1.29, 1.82) is 0 Å². The van der Waals surface area contributed by atoms with Crippen LogP contribution in [0.4, 0.5) is 0 Å². The highest BCUT2D eigenvalue weighted by Gasteiger charge is 2.43. The van der Waals surface area contributed by atoms with Crippen LogP contribution in [0.25, 0.3) is 22.3 Å². The Hall–Kier alpha value is -4.00. The van der Waals surface area contributed by atoms with Gasteiger partial charge in [0.2, 0.25) is 0 Å². The number of esters is 2. The number of nitrogens with zero attached hydrogens (tertiary/aromatic N) is 1. The molecule has 0 aliphatic carbocycles. The Bertz CT molecular complexity index is 1410. The number of allylic oxidation sites excluding steroid dienone is 1. The maximum Gasteiger partial charge on any atom is 0.336 e. The first kappa shape index (κ1) is 23.2. The second-order valence-corrected chi connectivity index (χ2v) is 8.20. The average molecular weight is 459 g/mol. The Morgan fingerprint density at radius 3 is 2.29 bits per heavy atom. The van der Waals surface area contributed by atoms with E-state index in [1.165, 1.54) is 14.2 Å². The van der Waals surface area contributed by atoms with Crippen LogP contribution in [0.15, 0.2) is 74.0 Å². The van der Waals surface area contributed by atoms with Crippen LogP contribution in [-0.2, 0) is 19.1 Å². The lowest BCUT2D eigenvalue weighted by Gasteiger charge is -2.31. The molecule has 0 saturated heterocycles. The van der Waals surface area contributed by atoms with Gasteiger partial charge in [-0.15, -0.1) is 0 Å². The van der Waals surface area contributed by atoms with Gasteiger partial charge in [-0.1, -0.05) is 42.5 Å². The summed E-state index contributed by atoms with van der Waals surface area (Å²) in [6.07, 6.45) is 0. The van der Waals surface area contributed by atoms with Gasteiger partial charge in [0.05, 0.1) is 25.2 Å². The van der Waals surface area contributed by atoms with Crippen LogP contribution in [0.3, 0.4) is 0 Å². The van der Waals surface area contributed by atoms with Gasteiger partial charge in [0.1, 0.15) is 17.3 Å². The molecule has 174 valence electrons. The van der Waals surface area contributed by atoms with Crippen molar-refractivity contribution >= 4 is 28.6 Å². The Morgan fingerprint density at radius 2 is 1.65 bits per heavy atom. The largest absolute Gasteiger partial charge is 0.468 e. The molecule has 2 heterocycles. The predicted molar refractivity (Wildman–Crippen MR) is 129 cm³/mol. The summed E-state index contributed by atoms with van der Waals surface area (Å²) >= 11 is 0. The van der Waals surface area contributed by atoms with E-state index in [4.69, 9.17) is 13.9 Å². The van der Waals surface area contributed by atoms with Crippen LogP contribution in [0, 0.1) is 12.8 Å². The number of benzene rings is 2. The van der Waals surface area contributed by atoms with Crippen LogP contribution in [-0.4, -0.2) is 31.9 Å². The predicted octanol–water partition coefficient (Wildman–Crippen LogP) is 4.56. The fourth-order valence-electron chi connectivity index (χ4n) is 4.62. The molecular formula is C27H25NO6. The summed E-state index contributed by atoms with van der Waals surface area (Å²) in [5.41, 5.74) is 3.01. The molecule has 1 aliphatic heterocycles. The molecule has 0 radical (unpaired) electrons. The Kier molecular flexibility index (Phi) is 6.20. The summed E-state index contributed by atoms with van der Waals surface area (Å²) in [5.74, 6) is -2.42. The van der Waals surface area contributed by atoms with Crippen molar-refractivity contribution in [2.45, 2.75) is 26.7 Å². The highest BCUT2D eigenvalue weighted by atomic mass is 16.5. The van der Waals surface area contributed by atoms with Crippen molar-refractivity contribution in [2.24, 2.45) is 10.9 Å². The van der Waals surface area contributed by atoms with E-state index < -0.39 is 23.8 Å². The highest BCUT2D eigenvalue weighted by molar-refractivity contribution is 6.07. The first-order chi connectivity index (χ1) is 16.3. The highest BCUT2D eigenvalue weighted by Crippen LogP contribution is 2.43. The summed E-state index contributed by atoms with van der Waals surface area (Å²) in [5, 5.41) is 0.361. The summed E-state index contributed by atoms with van der Waals surface area (Å²) in [6.45, 7) is 5.13. The minimum Gasteiger partial charge on any atom is -0.468 e. The Balaban J connectivity index is 2.08. The molecule has 1 aliphatic rings. The number of methoxy groups -OCH3 is 2. The van der Waals surface area contributed by atoms with E-state index in [0.717, 1.165) is 5.56 Å². The lowest BCUT2D eigenvalue weighted by atomic mass is 9.75. The zero-order chi connectivity index (χ0) is 24.6. The van der Waals surface area contributed by atoms with Crippen LogP contribution < -0.4 is 5.43 Å². The summed E-state index contributed by atoms with van der Waals surface area (Å²) in [6, 6.07) is 14.5. The lowest BCUT2D eigenvalue weighted by molar-refractivity contribution is -0.143. The SMILES string of the molecule is COC(=O)C1=C(C)N=C(C)C(C(=O)OC)C1c1cccc2c(=O)c(C)c(-c3ccccc3)oc12. The van der Waals surface area contributed by atoms with Crippen LogP contribution in [0.2, 0.25) is 0 Å². The zero-order valence-corrected chi connectivity index (χ0v) is 19.7. The van der Waals surface area contributed by atoms with Gasteiger partial charge in [-0.3, -0.25) is 14.6 Å². The van der Waals surface area contributed by atoms with E-state index in [9.17, 15) is 14.4 Å². The van der Waals surface area contributed by atoms with Crippen LogP contribution in [0.1, 0.15) is 30.9 Å². The molecule has 7 heteroatoms. The van der Waals surface area contributed by atoms with Gasteiger partial charge in [0.15, 0.2) is 5.43 Å². The van der Waals surface area contributed by atoms with E-state index in [1.54, 1.807) is 39.0 Å².